The predicted octanol–water partition coefficient (Wildman–Crippen LogP) is 4.14. The summed E-state index contributed by atoms with van der Waals surface area (Å²) < 4.78 is 28.0. The third-order valence-corrected chi connectivity index (χ3v) is 5.05. The van der Waals surface area contributed by atoms with Crippen molar-refractivity contribution in [2.75, 3.05) is 6.54 Å². The van der Waals surface area contributed by atoms with Crippen LogP contribution in [0.15, 0.2) is 17.0 Å². The molecule has 1 aliphatic rings. The second-order valence-corrected chi connectivity index (χ2v) is 6.75. The van der Waals surface area contributed by atoms with E-state index in [9.17, 15) is 8.78 Å². The van der Waals surface area contributed by atoms with Gasteiger partial charge in [-0.25, -0.2) is 8.78 Å². The van der Waals surface area contributed by atoms with E-state index in [0.717, 1.165) is 19.3 Å². The van der Waals surface area contributed by atoms with Crippen LogP contribution < -0.4 is 5.73 Å². The summed E-state index contributed by atoms with van der Waals surface area (Å²) in [5.41, 5.74) is 6.05. The van der Waals surface area contributed by atoms with Crippen molar-refractivity contribution in [1.29, 1.82) is 0 Å². The zero-order chi connectivity index (χ0) is 13.8. The topological polar surface area (TPSA) is 26.0 Å². The van der Waals surface area contributed by atoms with Gasteiger partial charge in [0.1, 0.15) is 11.6 Å². The summed E-state index contributed by atoms with van der Waals surface area (Å²) in [6.07, 6.45) is 5.01. The van der Waals surface area contributed by atoms with Gasteiger partial charge < -0.3 is 5.73 Å². The molecule has 0 aromatic heterocycles. The largest absolute Gasteiger partial charge is 0.330 e. The van der Waals surface area contributed by atoms with Gasteiger partial charge in [-0.05, 0) is 49.4 Å². The van der Waals surface area contributed by atoms with Crippen molar-refractivity contribution in [1.82, 2.24) is 0 Å². The Balaban J connectivity index is 2.11. The van der Waals surface area contributed by atoms with Crippen LogP contribution in [0, 0.1) is 17.6 Å². The molecule has 0 spiro atoms. The molecule has 2 unspecified atom stereocenters. The Morgan fingerprint density at radius 3 is 2.53 bits per heavy atom. The molecule has 1 nitrogen and oxygen atoms in total. The quantitative estimate of drug-likeness (QED) is 0.900. The van der Waals surface area contributed by atoms with E-state index in [1.54, 1.807) is 0 Å². The lowest BCUT2D eigenvalue weighted by Crippen LogP contribution is -2.15. The Bertz CT molecular complexity index is 413. The number of rotatable bonds is 4. The van der Waals surface area contributed by atoms with Gasteiger partial charge in [-0.2, -0.15) is 0 Å². The maximum absolute atomic E-state index is 14.0. The van der Waals surface area contributed by atoms with Gasteiger partial charge in [0.05, 0.1) is 4.90 Å². The first-order valence-electron chi connectivity index (χ1n) is 6.94. The summed E-state index contributed by atoms with van der Waals surface area (Å²) in [4.78, 5) is 0.180. The van der Waals surface area contributed by atoms with Crippen LogP contribution in [0.3, 0.4) is 0 Å². The highest BCUT2D eigenvalue weighted by Crippen LogP contribution is 2.38. The zero-order valence-corrected chi connectivity index (χ0v) is 12.1. The van der Waals surface area contributed by atoms with Gasteiger partial charge in [0.15, 0.2) is 0 Å². The van der Waals surface area contributed by atoms with E-state index in [-0.39, 0.29) is 4.90 Å². The zero-order valence-electron chi connectivity index (χ0n) is 11.3. The molecule has 0 heterocycles. The molecule has 0 aliphatic heterocycles. The molecule has 0 amide bonds. The molecule has 1 saturated carbocycles. The third-order valence-electron chi connectivity index (χ3n) is 3.66. The molecule has 1 aliphatic carbocycles. The second kappa shape index (κ2) is 6.71. The molecule has 1 fully saturated rings. The minimum absolute atomic E-state index is 0.180. The van der Waals surface area contributed by atoms with Crippen LogP contribution in [0.2, 0.25) is 0 Å². The van der Waals surface area contributed by atoms with Crippen LogP contribution in [0.4, 0.5) is 8.78 Å². The van der Waals surface area contributed by atoms with Gasteiger partial charge in [0.2, 0.25) is 0 Å². The molecule has 4 heteroatoms. The smallest absolute Gasteiger partial charge is 0.140 e. The lowest BCUT2D eigenvalue weighted by molar-refractivity contribution is 0.393. The van der Waals surface area contributed by atoms with E-state index in [4.69, 9.17) is 5.73 Å². The average molecular weight is 285 g/mol. The Hall–Kier alpha value is -0.610. The van der Waals surface area contributed by atoms with Gasteiger partial charge in [0, 0.05) is 5.25 Å². The van der Waals surface area contributed by atoms with Gasteiger partial charge in [0.25, 0.3) is 0 Å². The molecule has 1 aromatic carbocycles. The van der Waals surface area contributed by atoms with Crippen molar-refractivity contribution < 1.29 is 8.78 Å². The number of halogens is 2. The van der Waals surface area contributed by atoms with E-state index in [0.29, 0.717) is 29.7 Å². The number of thioether (sulfide) groups is 1. The molecular formula is C15H21F2NS. The molecule has 0 bridgehead atoms. The van der Waals surface area contributed by atoms with Gasteiger partial charge >= 0.3 is 0 Å². The fourth-order valence-corrected chi connectivity index (χ4v) is 4.07. The van der Waals surface area contributed by atoms with Crippen LogP contribution in [0.5, 0.6) is 0 Å². The minimum Gasteiger partial charge on any atom is -0.330 e. The maximum atomic E-state index is 14.0. The predicted molar refractivity (Wildman–Crippen MR) is 76.4 cm³/mol. The van der Waals surface area contributed by atoms with Crippen molar-refractivity contribution in [2.45, 2.75) is 49.2 Å². The lowest BCUT2D eigenvalue weighted by Gasteiger charge is -2.26. The molecule has 2 rings (SSSR count). The Morgan fingerprint density at radius 1 is 1.26 bits per heavy atom. The SMILES string of the molecule is CC1CCCC(Sc2c(F)cc(CCN)cc2F)C1. The van der Waals surface area contributed by atoms with E-state index in [1.807, 2.05) is 0 Å². The van der Waals surface area contributed by atoms with Crippen molar-refractivity contribution in [2.24, 2.45) is 11.7 Å². The normalized spacial score (nSPS) is 23.6. The van der Waals surface area contributed by atoms with Gasteiger partial charge in [-0.3, -0.25) is 0 Å². The highest BCUT2D eigenvalue weighted by molar-refractivity contribution is 8.00. The summed E-state index contributed by atoms with van der Waals surface area (Å²) in [7, 11) is 0. The molecular weight excluding hydrogens is 264 g/mol. The molecule has 2 N–H and O–H groups in total. The molecule has 0 radical (unpaired) electrons. The fraction of sp³-hybridized carbons (Fsp3) is 0.600. The average Bonchev–Trinajstić information content (AvgIpc) is 2.34. The Morgan fingerprint density at radius 2 is 1.95 bits per heavy atom. The summed E-state index contributed by atoms with van der Waals surface area (Å²) in [6.45, 7) is 2.62. The molecule has 1 aromatic rings. The fourth-order valence-electron chi connectivity index (χ4n) is 2.69. The second-order valence-electron chi connectivity index (χ2n) is 5.44. The summed E-state index contributed by atoms with van der Waals surface area (Å²) in [5.74, 6) is -0.216. The standard InChI is InChI=1S/C15H21F2NS/c1-10-3-2-4-12(7-10)19-15-13(16)8-11(5-6-18)9-14(15)17/h8-10,12H,2-7,18H2,1H3. The number of hydrogen-bond acceptors (Lipinski definition) is 2. The lowest BCUT2D eigenvalue weighted by atomic mass is 9.91. The van der Waals surface area contributed by atoms with Crippen LogP contribution in [-0.4, -0.2) is 11.8 Å². The minimum atomic E-state index is -0.438. The molecule has 2 atom stereocenters. The Labute approximate surface area is 118 Å². The molecule has 106 valence electrons. The van der Waals surface area contributed by atoms with Crippen LogP contribution in [0.25, 0.3) is 0 Å². The first-order chi connectivity index (χ1) is 9.10. The van der Waals surface area contributed by atoms with Gasteiger partial charge in [-0.15, -0.1) is 11.8 Å². The highest BCUT2D eigenvalue weighted by atomic mass is 32.2. The van der Waals surface area contributed by atoms with Crippen molar-refractivity contribution in [3.8, 4) is 0 Å². The number of hydrogen-bond donors (Lipinski definition) is 1. The van der Waals surface area contributed by atoms with E-state index >= 15 is 0 Å². The summed E-state index contributed by atoms with van der Waals surface area (Å²) >= 11 is 1.37. The van der Waals surface area contributed by atoms with Crippen molar-refractivity contribution >= 4 is 11.8 Å². The van der Waals surface area contributed by atoms with E-state index in [2.05, 4.69) is 6.92 Å². The number of benzene rings is 1. The molecule has 0 saturated heterocycles. The Kier molecular flexibility index (Phi) is 5.22. The maximum Gasteiger partial charge on any atom is 0.140 e. The first kappa shape index (κ1) is 14.8. The third kappa shape index (κ3) is 3.93. The van der Waals surface area contributed by atoms with Crippen molar-refractivity contribution in [3.05, 3.63) is 29.3 Å². The van der Waals surface area contributed by atoms with E-state index in [1.165, 1.54) is 30.3 Å². The first-order valence-corrected chi connectivity index (χ1v) is 7.82. The monoisotopic (exact) mass is 285 g/mol. The summed E-state index contributed by atoms with van der Waals surface area (Å²) in [5, 5.41) is 0.341. The van der Waals surface area contributed by atoms with Gasteiger partial charge in [-0.1, -0.05) is 19.8 Å². The summed E-state index contributed by atoms with van der Waals surface area (Å²) in [6, 6.07) is 2.84. The van der Waals surface area contributed by atoms with Crippen LogP contribution in [-0.2, 0) is 6.42 Å². The van der Waals surface area contributed by atoms with Crippen molar-refractivity contribution in [3.63, 3.8) is 0 Å². The number of nitrogens with two attached hydrogens (primary N) is 1. The highest BCUT2D eigenvalue weighted by Gasteiger charge is 2.23. The van der Waals surface area contributed by atoms with Crippen LogP contribution in [0.1, 0.15) is 38.2 Å². The van der Waals surface area contributed by atoms with Crippen LogP contribution >= 0.6 is 11.8 Å². The van der Waals surface area contributed by atoms with E-state index < -0.39 is 11.6 Å². The molecule has 19 heavy (non-hydrogen) atoms.